The molecule has 0 aliphatic rings. The summed E-state index contributed by atoms with van der Waals surface area (Å²) >= 11 is 2.76. The first-order valence-electron chi connectivity index (χ1n) is 6.47. The van der Waals surface area contributed by atoms with Gasteiger partial charge in [-0.1, -0.05) is 30.0 Å². The molecule has 0 unspecified atom stereocenters. The van der Waals surface area contributed by atoms with E-state index >= 15 is 0 Å². The quantitative estimate of drug-likeness (QED) is 0.677. The number of aromatic nitrogens is 3. The van der Waals surface area contributed by atoms with Crippen molar-refractivity contribution >= 4 is 38.9 Å². The fourth-order valence-corrected chi connectivity index (χ4v) is 3.64. The number of para-hydroxylation sites is 1. The Bertz CT molecular complexity index is 715. The van der Waals surface area contributed by atoms with Gasteiger partial charge in [-0.05, 0) is 30.1 Å². The highest BCUT2D eigenvalue weighted by molar-refractivity contribution is 7.18. The molecule has 0 saturated heterocycles. The number of hydrogen-bond acceptors (Lipinski definition) is 6. The summed E-state index contributed by atoms with van der Waals surface area (Å²) in [7, 11) is 0. The van der Waals surface area contributed by atoms with E-state index < -0.39 is 0 Å². The summed E-state index contributed by atoms with van der Waals surface area (Å²) in [6.07, 6.45) is 2.10. The molecule has 0 saturated carbocycles. The third-order valence-corrected chi connectivity index (χ3v) is 4.79. The van der Waals surface area contributed by atoms with Crippen LogP contribution in [0.5, 0.6) is 0 Å². The number of hydrogen-bond donors (Lipinski definition) is 0. The number of ketones is 1. The normalized spacial score (nSPS) is 11.1. The smallest absolute Gasteiger partial charge is 0.183 e. The second kappa shape index (κ2) is 5.76. The zero-order valence-corrected chi connectivity index (χ0v) is 12.6. The monoisotopic (exact) mass is 303 g/mol. The van der Waals surface area contributed by atoms with Crippen molar-refractivity contribution in [3.63, 3.8) is 0 Å². The van der Waals surface area contributed by atoms with Gasteiger partial charge in [-0.2, -0.15) is 0 Å². The van der Waals surface area contributed by atoms with Crippen LogP contribution >= 0.6 is 22.9 Å². The number of nitrogens with zero attached hydrogens (tertiary/aromatic N) is 3. The van der Waals surface area contributed by atoms with Crippen molar-refractivity contribution in [2.45, 2.75) is 26.2 Å². The average Bonchev–Trinajstić information content (AvgIpc) is 3.04. The van der Waals surface area contributed by atoms with Crippen LogP contribution in [-0.2, 0) is 12.8 Å². The fraction of sp³-hybridized carbons (Fsp3) is 0.286. The maximum atomic E-state index is 12.3. The van der Waals surface area contributed by atoms with Gasteiger partial charge in [0.25, 0.3) is 0 Å². The summed E-state index contributed by atoms with van der Waals surface area (Å²) in [4.78, 5) is 17.5. The number of Topliss-reactive ketones (excluding diaryl/α,β-unsaturated/α-hetero) is 1. The Morgan fingerprint density at radius 3 is 2.95 bits per heavy atom. The third-order valence-electron chi connectivity index (χ3n) is 2.95. The van der Waals surface area contributed by atoms with Crippen LogP contribution in [0.4, 0.5) is 0 Å². The zero-order valence-electron chi connectivity index (χ0n) is 11.0. The second-order valence-corrected chi connectivity index (χ2v) is 6.34. The van der Waals surface area contributed by atoms with E-state index in [9.17, 15) is 4.79 Å². The van der Waals surface area contributed by atoms with Crippen molar-refractivity contribution < 1.29 is 4.79 Å². The van der Waals surface area contributed by atoms with E-state index in [1.165, 1.54) is 11.5 Å². The Balaban J connectivity index is 1.83. The SMILES string of the molecule is CCCc1nnsc1C(=O)Cc1nc2ccccc2s1. The molecule has 0 radical (unpaired) electrons. The van der Waals surface area contributed by atoms with Crippen LogP contribution in [-0.4, -0.2) is 20.4 Å². The molecule has 3 aromatic rings. The van der Waals surface area contributed by atoms with E-state index in [4.69, 9.17) is 0 Å². The summed E-state index contributed by atoms with van der Waals surface area (Å²) in [6, 6.07) is 7.94. The molecule has 4 nitrogen and oxygen atoms in total. The Hall–Kier alpha value is -1.66. The molecule has 3 rings (SSSR count). The highest BCUT2D eigenvalue weighted by Gasteiger charge is 2.17. The van der Waals surface area contributed by atoms with Crippen LogP contribution in [0.1, 0.15) is 33.7 Å². The molecule has 0 aliphatic carbocycles. The molecule has 6 heteroatoms. The van der Waals surface area contributed by atoms with E-state index in [0.29, 0.717) is 11.3 Å². The summed E-state index contributed by atoms with van der Waals surface area (Å²) in [5, 5.41) is 4.90. The Morgan fingerprint density at radius 2 is 2.15 bits per heavy atom. The number of carbonyl (C=O) groups excluding carboxylic acids is 1. The van der Waals surface area contributed by atoms with Gasteiger partial charge in [0.1, 0.15) is 9.88 Å². The zero-order chi connectivity index (χ0) is 13.9. The topological polar surface area (TPSA) is 55.7 Å². The Kier molecular flexibility index (Phi) is 3.84. The van der Waals surface area contributed by atoms with Gasteiger partial charge in [-0.15, -0.1) is 16.4 Å². The molecular weight excluding hydrogens is 290 g/mol. The summed E-state index contributed by atoms with van der Waals surface area (Å²) in [5.74, 6) is 0.0718. The lowest BCUT2D eigenvalue weighted by Crippen LogP contribution is -2.04. The minimum absolute atomic E-state index is 0.0718. The number of thiazole rings is 1. The van der Waals surface area contributed by atoms with Crippen LogP contribution in [0.25, 0.3) is 10.2 Å². The predicted molar refractivity (Wildman–Crippen MR) is 81.6 cm³/mol. The van der Waals surface area contributed by atoms with E-state index in [2.05, 4.69) is 21.5 Å². The van der Waals surface area contributed by atoms with Crippen molar-refractivity contribution in [3.05, 3.63) is 39.8 Å². The second-order valence-electron chi connectivity index (χ2n) is 4.47. The van der Waals surface area contributed by atoms with Gasteiger partial charge in [0, 0.05) is 0 Å². The molecule has 0 aliphatic heterocycles. The van der Waals surface area contributed by atoms with E-state index in [1.807, 2.05) is 24.3 Å². The van der Waals surface area contributed by atoms with Crippen LogP contribution in [0, 0.1) is 0 Å². The predicted octanol–water partition coefficient (Wildman–Crippen LogP) is 3.53. The number of benzene rings is 1. The minimum Gasteiger partial charge on any atom is -0.293 e. The molecule has 1 aromatic carbocycles. The lowest BCUT2D eigenvalue weighted by Gasteiger charge is -1.97. The summed E-state index contributed by atoms with van der Waals surface area (Å²) in [6.45, 7) is 2.07. The van der Waals surface area contributed by atoms with Gasteiger partial charge >= 0.3 is 0 Å². The summed E-state index contributed by atoms with van der Waals surface area (Å²) < 4.78 is 5.02. The van der Waals surface area contributed by atoms with Crippen LogP contribution in [0.15, 0.2) is 24.3 Å². The average molecular weight is 303 g/mol. The first-order valence-corrected chi connectivity index (χ1v) is 8.05. The van der Waals surface area contributed by atoms with Crippen LogP contribution in [0.3, 0.4) is 0 Å². The van der Waals surface area contributed by atoms with Gasteiger partial charge in [0.2, 0.25) is 0 Å². The number of rotatable bonds is 5. The molecule has 2 aromatic heterocycles. The van der Waals surface area contributed by atoms with Crippen molar-refractivity contribution in [2.24, 2.45) is 0 Å². The molecule has 2 heterocycles. The van der Waals surface area contributed by atoms with Gasteiger partial charge in [0.15, 0.2) is 5.78 Å². The van der Waals surface area contributed by atoms with Crippen molar-refractivity contribution in [3.8, 4) is 0 Å². The minimum atomic E-state index is 0.0718. The largest absolute Gasteiger partial charge is 0.293 e. The fourth-order valence-electron chi connectivity index (χ4n) is 2.03. The van der Waals surface area contributed by atoms with Crippen molar-refractivity contribution in [1.29, 1.82) is 0 Å². The van der Waals surface area contributed by atoms with Crippen LogP contribution in [0.2, 0.25) is 0 Å². The van der Waals surface area contributed by atoms with E-state index in [1.54, 1.807) is 11.3 Å². The maximum Gasteiger partial charge on any atom is 0.183 e. The summed E-state index contributed by atoms with van der Waals surface area (Å²) in [5.41, 5.74) is 1.78. The highest BCUT2D eigenvalue weighted by Crippen LogP contribution is 2.23. The number of aryl methyl sites for hydroxylation is 1. The van der Waals surface area contributed by atoms with E-state index in [-0.39, 0.29) is 5.78 Å². The van der Waals surface area contributed by atoms with Crippen molar-refractivity contribution in [1.82, 2.24) is 14.6 Å². The Morgan fingerprint density at radius 1 is 1.30 bits per heavy atom. The molecule has 0 bridgehead atoms. The molecule has 20 heavy (non-hydrogen) atoms. The first kappa shape index (κ1) is 13.3. The molecule has 102 valence electrons. The first-order chi connectivity index (χ1) is 9.78. The lowest BCUT2D eigenvalue weighted by atomic mass is 10.1. The van der Waals surface area contributed by atoms with Crippen molar-refractivity contribution in [2.75, 3.05) is 0 Å². The molecule has 0 N–H and O–H groups in total. The van der Waals surface area contributed by atoms with Crippen LogP contribution < -0.4 is 0 Å². The highest BCUT2D eigenvalue weighted by atomic mass is 32.1. The number of fused-ring (bicyclic) bond motifs is 1. The van der Waals surface area contributed by atoms with Gasteiger partial charge in [0.05, 0.1) is 22.3 Å². The lowest BCUT2D eigenvalue weighted by molar-refractivity contribution is 0.0996. The molecular formula is C14H13N3OS2. The van der Waals surface area contributed by atoms with E-state index in [0.717, 1.165) is 33.8 Å². The van der Waals surface area contributed by atoms with Gasteiger partial charge < -0.3 is 0 Å². The standard InChI is InChI=1S/C14H13N3OS2/c1-2-5-10-14(20-17-16-10)11(18)8-13-15-9-6-3-4-7-12(9)19-13/h3-4,6-7H,2,5,8H2,1H3. The third kappa shape index (κ3) is 2.62. The Labute approximate surface area is 124 Å². The molecule has 0 spiro atoms. The molecule has 0 fully saturated rings. The number of carbonyl (C=O) groups is 1. The molecule has 0 amide bonds. The maximum absolute atomic E-state index is 12.3. The molecule has 0 atom stereocenters. The van der Waals surface area contributed by atoms with Gasteiger partial charge in [-0.25, -0.2) is 4.98 Å². The van der Waals surface area contributed by atoms with Gasteiger partial charge in [-0.3, -0.25) is 4.79 Å².